The van der Waals surface area contributed by atoms with Crippen molar-refractivity contribution in [2.45, 2.75) is 5.92 Å². The van der Waals surface area contributed by atoms with Gasteiger partial charge in [0.15, 0.2) is 5.78 Å². The maximum absolute atomic E-state index is 12.3. The lowest BCUT2D eigenvalue weighted by Crippen LogP contribution is -2.24. The number of hydrogen-bond donors (Lipinski definition) is 1. The molecule has 0 saturated carbocycles. The van der Waals surface area contributed by atoms with Gasteiger partial charge in [0.2, 0.25) is 0 Å². The average molecular weight is 237 g/mol. The molecule has 0 radical (unpaired) electrons. The summed E-state index contributed by atoms with van der Waals surface area (Å²) in [5, 5.41) is 2.96. The van der Waals surface area contributed by atoms with Crippen molar-refractivity contribution in [1.29, 1.82) is 0 Å². The first-order chi connectivity index (χ1) is 8.83. The molecule has 0 aromatic heterocycles. The maximum atomic E-state index is 12.3. The van der Waals surface area contributed by atoms with Gasteiger partial charge in [-0.3, -0.25) is 4.79 Å². The van der Waals surface area contributed by atoms with Crippen molar-refractivity contribution in [3.8, 4) is 11.1 Å². The van der Waals surface area contributed by atoms with Gasteiger partial charge in [0.1, 0.15) is 0 Å². The van der Waals surface area contributed by atoms with Gasteiger partial charge in [0.25, 0.3) is 0 Å². The van der Waals surface area contributed by atoms with Crippen LogP contribution in [-0.4, -0.2) is 19.4 Å². The van der Waals surface area contributed by atoms with E-state index in [1.165, 1.54) is 11.1 Å². The molecule has 0 heterocycles. The number of likely N-dealkylation sites (N-methyl/N-ethyl adjacent to an activating group) is 1. The van der Waals surface area contributed by atoms with E-state index in [0.29, 0.717) is 6.54 Å². The normalized spacial score (nSPS) is 13.2. The van der Waals surface area contributed by atoms with E-state index in [4.69, 9.17) is 0 Å². The second kappa shape index (κ2) is 4.39. The standard InChI is InChI=1S/C16H15NO/c1-17-10-15(18)16-13-8-4-2-6-11(13)12-7-3-5-9-14(12)16/h2-9,16-17H,10H2,1H3. The molecule has 0 amide bonds. The van der Waals surface area contributed by atoms with E-state index in [1.54, 1.807) is 0 Å². The zero-order valence-corrected chi connectivity index (χ0v) is 10.3. The highest BCUT2D eigenvalue weighted by molar-refractivity contribution is 5.98. The molecule has 18 heavy (non-hydrogen) atoms. The molecule has 1 aliphatic carbocycles. The molecule has 2 heteroatoms. The Morgan fingerprint density at radius 3 is 2.00 bits per heavy atom. The minimum absolute atomic E-state index is 0.107. The number of carbonyl (C=O) groups excluding carboxylic acids is 1. The van der Waals surface area contributed by atoms with E-state index in [1.807, 2.05) is 31.3 Å². The topological polar surface area (TPSA) is 29.1 Å². The van der Waals surface area contributed by atoms with E-state index in [-0.39, 0.29) is 11.7 Å². The summed E-state index contributed by atoms with van der Waals surface area (Å²) >= 11 is 0. The molecule has 90 valence electrons. The minimum atomic E-state index is -0.107. The first-order valence-electron chi connectivity index (χ1n) is 6.18. The van der Waals surface area contributed by atoms with E-state index < -0.39 is 0 Å². The monoisotopic (exact) mass is 237 g/mol. The van der Waals surface area contributed by atoms with Gasteiger partial charge in [0.05, 0.1) is 12.5 Å². The predicted octanol–water partition coefficient (Wildman–Crippen LogP) is 2.59. The summed E-state index contributed by atoms with van der Waals surface area (Å²) in [5.74, 6) is 0.125. The molecule has 2 aromatic rings. The maximum Gasteiger partial charge on any atom is 0.158 e. The van der Waals surface area contributed by atoms with Crippen molar-refractivity contribution in [2.75, 3.05) is 13.6 Å². The number of ketones is 1. The summed E-state index contributed by atoms with van der Waals surface area (Å²) < 4.78 is 0. The van der Waals surface area contributed by atoms with Crippen LogP contribution in [0.25, 0.3) is 11.1 Å². The van der Waals surface area contributed by atoms with Gasteiger partial charge in [-0.05, 0) is 29.3 Å². The lowest BCUT2D eigenvalue weighted by Gasteiger charge is -2.11. The first kappa shape index (κ1) is 11.2. The second-order valence-corrected chi connectivity index (χ2v) is 4.60. The Morgan fingerprint density at radius 1 is 1.00 bits per heavy atom. The predicted molar refractivity (Wildman–Crippen MR) is 72.7 cm³/mol. The second-order valence-electron chi connectivity index (χ2n) is 4.60. The number of carbonyl (C=O) groups is 1. The van der Waals surface area contributed by atoms with Gasteiger partial charge in [0, 0.05) is 0 Å². The van der Waals surface area contributed by atoms with Gasteiger partial charge in [-0.25, -0.2) is 0 Å². The van der Waals surface area contributed by atoms with Crippen molar-refractivity contribution in [3.05, 3.63) is 59.7 Å². The summed E-state index contributed by atoms with van der Waals surface area (Å²) in [6.07, 6.45) is 0. The third-order valence-electron chi connectivity index (χ3n) is 3.51. The number of fused-ring (bicyclic) bond motifs is 3. The quantitative estimate of drug-likeness (QED) is 0.889. The van der Waals surface area contributed by atoms with E-state index in [9.17, 15) is 4.79 Å². The molecule has 0 bridgehead atoms. The summed E-state index contributed by atoms with van der Waals surface area (Å²) in [6, 6.07) is 16.4. The van der Waals surface area contributed by atoms with Gasteiger partial charge in [-0.2, -0.15) is 0 Å². The smallest absolute Gasteiger partial charge is 0.158 e. The Morgan fingerprint density at radius 2 is 1.50 bits per heavy atom. The zero-order chi connectivity index (χ0) is 12.5. The highest BCUT2D eigenvalue weighted by Crippen LogP contribution is 2.44. The molecule has 0 saturated heterocycles. The van der Waals surface area contributed by atoms with Gasteiger partial charge < -0.3 is 5.32 Å². The van der Waals surface area contributed by atoms with Crippen molar-refractivity contribution in [3.63, 3.8) is 0 Å². The fourth-order valence-corrected chi connectivity index (χ4v) is 2.78. The number of Topliss-reactive ketones (excluding diaryl/α,β-unsaturated/α-hetero) is 1. The third-order valence-corrected chi connectivity index (χ3v) is 3.51. The number of nitrogens with one attached hydrogen (secondary N) is 1. The molecule has 0 fully saturated rings. The van der Waals surface area contributed by atoms with E-state index in [2.05, 4.69) is 29.6 Å². The fourth-order valence-electron chi connectivity index (χ4n) is 2.78. The highest BCUT2D eigenvalue weighted by Gasteiger charge is 2.32. The summed E-state index contributed by atoms with van der Waals surface area (Å²) in [4.78, 5) is 12.3. The molecular weight excluding hydrogens is 222 g/mol. The Bertz CT molecular complexity index is 558. The molecule has 2 nitrogen and oxygen atoms in total. The van der Waals surface area contributed by atoms with Crippen LogP contribution < -0.4 is 5.32 Å². The van der Waals surface area contributed by atoms with E-state index >= 15 is 0 Å². The van der Waals surface area contributed by atoms with Crippen LogP contribution in [0.4, 0.5) is 0 Å². The van der Waals surface area contributed by atoms with Crippen LogP contribution in [0, 0.1) is 0 Å². The first-order valence-corrected chi connectivity index (χ1v) is 6.18. The van der Waals surface area contributed by atoms with Crippen molar-refractivity contribution >= 4 is 5.78 Å². The van der Waals surface area contributed by atoms with Gasteiger partial charge >= 0.3 is 0 Å². The Labute approximate surface area is 107 Å². The number of hydrogen-bond acceptors (Lipinski definition) is 2. The van der Waals surface area contributed by atoms with Crippen LogP contribution in [0.3, 0.4) is 0 Å². The molecule has 3 rings (SSSR count). The summed E-state index contributed by atoms with van der Waals surface area (Å²) in [6.45, 7) is 0.410. The van der Waals surface area contributed by atoms with Crippen LogP contribution in [0.2, 0.25) is 0 Å². The third kappa shape index (κ3) is 1.57. The fraction of sp³-hybridized carbons (Fsp3) is 0.188. The Balaban J connectivity index is 2.18. The minimum Gasteiger partial charge on any atom is -0.313 e. The van der Waals surface area contributed by atoms with Gasteiger partial charge in [-0.1, -0.05) is 48.5 Å². The largest absolute Gasteiger partial charge is 0.313 e. The SMILES string of the molecule is CNCC(=O)C1c2ccccc2-c2ccccc21. The van der Waals surface area contributed by atoms with E-state index in [0.717, 1.165) is 11.1 Å². The van der Waals surface area contributed by atoms with Crippen LogP contribution >= 0.6 is 0 Å². The molecule has 0 spiro atoms. The zero-order valence-electron chi connectivity index (χ0n) is 10.3. The average Bonchev–Trinajstić information content (AvgIpc) is 2.73. The van der Waals surface area contributed by atoms with Gasteiger partial charge in [-0.15, -0.1) is 0 Å². The molecule has 0 aliphatic heterocycles. The highest BCUT2D eigenvalue weighted by atomic mass is 16.1. The lowest BCUT2D eigenvalue weighted by atomic mass is 9.92. The van der Waals surface area contributed by atoms with Crippen molar-refractivity contribution in [1.82, 2.24) is 5.32 Å². The molecule has 1 aliphatic rings. The number of rotatable bonds is 3. The molecule has 1 N–H and O–H groups in total. The van der Waals surface area contributed by atoms with Crippen LogP contribution in [0.1, 0.15) is 17.0 Å². The summed E-state index contributed by atoms with van der Waals surface area (Å²) in [7, 11) is 1.81. The molecule has 0 atom stereocenters. The number of benzene rings is 2. The molecule has 0 unspecified atom stereocenters. The lowest BCUT2D eigenvalue weighted by molar-refractivity contribution is -0.118. The molecular formula is C16H15NO. The Hall–Kier alpha value is -1.93. The molecule has 2 aromatic carbocycles. The van der Waals surface area contributed by atoms with Crippen LogP contribution in [-0.2, 0) is 4.79 Å². The van der Waals surface area contributed by atoms with Crippen LogP contribution in [0.5, 0.6) is 0 Å². The van der Waals surface area contributed by atoms with Crippen molar-refractivity contribution < 1.29 is 4.79 Å². The van der Waals surface area contributed by atoms with Crippen LogP contribution in [0.15, 0.2) is 48.5 Å². The Kier molecular flexibility index (Phi) is 2.73. The van der Waals surface area contributed by atoms with Crippen molar-refractivity contribution in [2.24, 2.45) is 0 Å². The summed E-state index contributed by atoms with van der Waals surface area (Å²) in [5.41, 5.74) is 4.67.